The maximum Gasteiger partial charge on any atom is 0.202 e. The molecule has 0 fully saturated rings. The molecule has 86 valence electrons. The molecule has 15 heavy (non-hydrogen) atoms. The largest absolute Gasteiger partial charge is 0.382 e. The van der Waals surface area contributed by atoms with E-state index in [1.54, 1.807) is 7.11 Å². The second-order valence-corrected chi connectivity index (χ2v) is 3.35. The van der Waals surface area contributed by atoms with Crippen LogP contribution in [0.15, 0.2) is 6.20 Å². The molecule has 0 saturated heterocycles. The van der Waals surface area contributed by atoms with E-state index in [4.69, 9.17) is 9.47 Å². The average Bonchev–Trinajstić information content (AvgIpc) is 2.51. The number of methoxy groups -OCH3 is 1. The van der Waals surface area contributed by atoms with Crippen LogP contribution in [0.2, 0.25) is 0 Å². The van der Waals surface area contributed by atoms with Crippen molar-refractivity contribution in [2.24, 2.45) is 7.05 Å². The van der Waals surface area contributed by atoms with Crippen LogP contribution in [0.25, 0.3) is 0 Å². The number of rotatable bonds is 7. The van der Waals surface area contributed by atoms with Crippen LogP contribution in [0.5, 0.6) is 0 Å². The van der Waals surface area contributed by atoms with Crippen molar-refractivity contribution in [2.75, 3.05) is 38.8 Å². The maximum absolute atomic E-state index is 5.32. The van der Waals surface area contributed by atoms with Gasteiger partial charge in [0.2, 0.25) is 5.95 Å². The van der Waals surface area contributed by atoms with Gasteiger partial charge in [0.1, 0.15) is 0 Å². The zero-order valence-electron chi connectivity index (χ0n) is 9.62. The monoisotopic (exact) mass is 213 g/mol. The topological polar surface area (TPSA) is 48.3 Å². The quantitative estimate of drug-likeness (QED) is 0.681. The van der Waals surface area contributed by atoms with Crippen molar-refractivity contribution in [2.45, 2.75) is 6.92 Å². The van der Waals surface area contributed by atoms with E-state index in [1.165, 1.54) is 0 Å². The summed E-state index contributed by atoms with van der Waals surface area (Å²) < 4.78 is 12.1. The molecule has 0 spiro atoms. The van der Waals surface area contributed by atoms with Gasteiger partial charge in [0, 0.05) is 26.9 Å². The first-order chi connectivity index (χ1) is 7.24. The molecule has 0 unspecified atom stereocenters. The lowest BCUT2D eigenvalue weighted by Crippen LogP contribution is -2.14. The van der Waals surface area contributed by atoms with E-state index in [9.17, 15) is 0 Å². The van der Waals surface area contributed by atoms with Gasteiger partial charge in [-0.25, -0.2) is 4.98 Å². The molecule has 0 atom stereocenters. The van der Waals surface area contributed by atoms with Gasteiger partial charge >= 0.3 is 0 Å². The summed E-state index contributed by atoms with van der Waals surface area (Å²) in [5.41, 5.74) is 1.01. The Morgan fingerprint density at radius 2 is 2.20 bits per heavy atom. The Morgan fingerprint density at radius 3 is 2.80 bits per heavy atom. The number of anilines is 1. The minimum atomic E-state index is 0.637. The lowest BCUT2D eigenvalue weighted by atomic mass is 10.6. The minimum absolute atomic E-state index is 0.637. The zero-order valence-corrected chi connectivity index (χ0v) is 9.62. The minimum Gasteiger partial charge on any atom is -0.382 e. The first-order valence-electron chi connectivity index (χ1n) is 5.04. The molecule has 0 amide bonds. The molecule has 1 aromatic heterocycles. The molecule has 0 aliphatic heterocycles. The first kappa shape index (κ1) is 12.0. The van der Waals surface area contributed by atoms with Gasteiger partial charge in [-0.05, 0) is 6.92 Å². The summed E-state index contributed by atoms with van der Waals surface area (Å²) in [6.45, 7) is 4.67. The first-order valence-corrected chi connectivity index (χ1v) is 5.04. The van der Waals surface area contributed by atoms with Crippen molar-refractivity contribution in [3.8, 4) is 0 Å². The van der Waals surface area contributed by atoms with Crippen molar-refractivity contribution in [1.82, 2.24) is 9.55 Å². The smallest absolute Gasteiger partial charge is 0.202 e. The van der Waals surface area contributed by atoms with Crippen molar-refractivity contribution in [3.05, 3.63) is 11.9 Å². The highest BCUT2D eigenvalue weighted by Crippen LogP contribution is 2.04. The molecule has 5 nitrogen and oxygen atoms in total. The van der Waals surface area contributed by atoms with E-state index in [-0.39, 0.29) is 0 Å². The second kappa shape index (κ2) is 6.42. The molecule has 0 aromatic carbocycles. The predicted octanol–water partition coefficient (Wildman–Crippen LogP) is 0.803. The molecule has 0 radical (unpaired) electrons. The highest BCUT2D eigenvalue weighted by atomic mass is 16.5. The summed E-state index contributed by atoms with van der Waals surface area (Å²) >= 11 is 0. The molecular weight excluding hydrogens is 194 g/mol. The van der Waals surface area contributed by atoms with Crippen LogP contribution in [0.4, 0.5) is 5.95 Å². The van der Waals surface area contributed by atoms with Crippen LogP contribution in [-0.4, -0.2) is 43.0 Å². The third kappa shape index (κ3) is 4.31. The Kier molecular flexibility index (Phi) is 5.14. The average molecular weight is 213 g/mol. The maximum atomic E-state index is 5.32. The third-order valence-corrected chi connectivity index (χ3v) is 1.96. The number of hydrogen-bond donors (Lipinski definition) is 1. The number of nitrogens with zero attached hydrogens (tertiary/aromatic N) is 2. The number of hydrogen-bond acceptors (Lipinski definition) is 4. The van der Waals surface area contributed by atoms with Gasteiger partial charge in [-0.15, -0.1) is 0 Å². The summed E-state index contributed by atoms with van der Waals surface area (Å²) in [4.78, 5) is 4.32. The van der Waals surface area contributed by atoms with Gasteiger partial charge in [-0.1, -0.05) is 0 Å². The number of imidazole rings is 1. The molecule has 0 bridgehead atoms. The summed E-state index contributed by atoms with van der Waals surface area (Å²) in [5.74, 6) is 0.878. The fraction of sp³-hybridized carbons (Fsp3) is 0.700. The fourth-order valence-electron chi connectivity index (χ4n) is 1.26. The lowest BCUT2D eigenvalue weighted by Gasteiger charge is -2.06. The number of ether oxygens (including phenoxy) is 2. The van der Waals surface area contributed by atoms with Gasteiger partial charge in [0.05, 0.1) is 25.5 Å². The van der Waals surface area contributed by atoms with Crippen LogP contribution in [0, 0.1) is 6.92 Å². The summed E-state index contributed by atoms with van der Waals surface area (Å²) in [6.07, 6.45) is 1.98. The van der Waals surface area contributed by atoms with Crippen LogP contribution in [0.1, 0.15) is 5.69 Å². The molecule has 0 aliphatic carbocycles. The molecule has 0 saturated carbocycles. The summed E-state index contributed by atoms with van der Waals surface area (Å²) in [7, 11) is 3.63. The highest BCUT2D eigenvalue weighted by molar-refractivity contribution is 5.27. The lowest BCUT2D eigenvalue weighted by molar-refractivity contribution is 0.0758. The van der Waals surface area contributed by atoms with E-state index in [0.717, 1.165) is 18.2 Å². The standard InChI is InChI=1S/C10H19N3O2/c1-9-8-13(2)10(12-9)11-4-5-15-7-6-14-3/h8H,4-7H2,1-3H3,(H,11,12). The number of aryl methyl sites for hydroxylation is 2. The van der Waals surface area contributed by atoms with E-state index >= 15 is 0 Å². The van der Waals surface area contributed by atoms with E-state index in [1.807, 2.05) is 24.7 Å². The van der Waals surface area contributed by atoms with Crippen LogP contribution >= 0.6 is 0 Å². The third-order valence-electron chi connectivity index (χ3n) is 1.96. The summed E-state index contributed by atoms with van der Waals surface area (Å²) in [6, 6.07) is 0. The molecule has 1 N–H and O–H groups in total. The van der Waals surface area contributed by atoms with Gasteiger partial charge in [-0.3, -0.25) is 0 Å². The molecule has 1 rings (SSSR count). The normalized spacial score (nSPS) is 10.6. The van der Waals surface area contributed by atoms with Crippen molar-refractivity contribution < 1.29 is 9.47 Å². The van der Waals surface area contributed by atoms with E-state index in [2.05, 4.69) is 10.3 Å². The Bertz CT molecular complexity index is 286. The highest BCUT2D eigenvalue weighted by Gasteiger charge is 1.99. The fourth-order valence-corrected chi connectivity index (χ4v) is 1.26. The Hall–Kier alpha value is -1.07. The summed E-state index contributed by atoms with van der Waals surface area (Å²) in [5, 5.41) is 3.20. The molecule has 1 heterocycles. The van der Waals surface area contributed by atoms with Crippen molar-refractivity contribution in [3.63, 3.8) is 0 Å². The zero-order chi connectivity index (χ0) is 11.1. The van der Waals surface area contributed by atoms with Crippen LogP contribution in [0.3, 0.4) is 0 Å². The SMILES string of the molecule is COCCOCCNc1nc(C)cn1C. The van der Waals surface area contributed by atoms with Crippen LogP contribution in [-0.2, 0) is 16.5 Å². The van der Waals surface area contributed by atoms with Gasteiger partial charge in [-0.2, -0.15) is 0 Å². The van der Waals surface area contributed by atoms with E-state index in [0.29, 0.717) is 19.8 Å². The number of aromatic nitrogens is 2. The van der Waals surface area contributed by atoms with Crippen LogP contribution < -0.4 is 5.32 Å². The Morgan fingerprint density at radius 1 is 1.40 bits per heavy atom. The van der Waals surface area contributed by atoms with E-state index < -0.39 is 0 Å². The Balaban J connectivity index is 2.12. The molecule has 1 aromatic rings. The molecule has 0 aliphatic rings. The predicted molar refractivity (Wildman–Crippen MR) is 59.1 cm³/mol. The van der Waals surface area contributed by atoms with Crippen molar-refractivity contribution in [1.29, 1.82) is 0 Å². The number of nitrogens with one attached hydrogen (secondary N) is 1. The van der Waals surface area contributed by atoms with Gasteiger partial charge in [0.25, 0.3) is 0 Å². The Labute approximate surface area is 90.4 Å². The molecule has 5 heteroatoms. The molecular formula is C10H19N3O2. The van der Waals surface area contributed by atoms with Gasteiger partial charge in [0.15, 0.2) is 0 Å². The van der Waals surface area contributed by atoms with Crippen molar-refractivity contribution >= 4 is 5.95 Å². The second-order valence-electron chi connectivity index (χ2n) is 3.35. The van der Waals surface area contributed by atoms with Gasteiger partial charge < -0.3 is 19.4 Å².